The standard InChI is InChI=1S/C22H22N4O4/c1-26-19-17(8-5-11-23-19)29-13-16(21(26)28)24-20(27)15-12-18(30-25-15)22(9-10-22)14-6-3-2-4-7-14/h2-8,11-12,16,20,24,27H,9-10,13H2,1H3/t16-,20?/m0/s1. The Labute approximate surface area is 173 Å². The van der Waals surface area contributed by atoms with E-state index in [2.05, 4.69) is 27.6 Å². The van der Waals surface area contributed by atoms with Crippen molar-refractivity contribution in [3.8, 4) is 5.75 Å². The maximum absolute atomic E-state index is 12.8. The van der Waals surface area contributed by atoms with Gasteiger partial charge >= 0.3 is 0 Å². The Hall–Kier alpha value is -3.23. The molecule has 154 valence electrons. The fraction of sp³-hybridized carbons (Fsp3) is 0.318. The Morgan fingerprint density at radius 3 is 2.80 bits per heavy atom. The molecule has 2 atom stereocenters. The number of carbonyl (C=O) groups excluding carboxylic acids is 1. The molecule has 1 aromatic carbocycles. The first-order valence-electron chi connectivity index (χ1n) is 9.91. The second kappa shape index (κ2) is 7.23. The highest BCUT2D eigenvalue weighted by Gasteiger charge is 2.49. The van der Waals surface area contributed by atoms with Crippen molar-refractivity contribution in [1.82, 2.24) is 15.5 Å². The van der Waals surface area contributed by atoms with Gasteiger partial charge in [0.15, 0.2) is 17.8 Å². The number of carbonyl (C=O) groups is 1. The van der Waals surface area contributed by atoms with Crippen molar-refractivity contribution in [1.29, 1.82) is 0 Å². The number of nitrogens with zero attached hydrogens (tertiary/aromatic N) is 3. The SMILES string of the molecule is CN1C(=O)[C@@H](NC(O)c2cc(C3(c4ccccc4)CC3)on2)COc2cccnc21. The molecule has 2 aliphatic rings. The molecule has 3 heterocycles. The van der Waals surface area contributed by atoms with Crippen LogP contribution in [0, 0.1) is 0 Å². The van der Waals surface area contributed by atoms with Gasteiger partial charge in [0.2, 0.25) is 5.91 Å². The van der Waals surface area contributed by atoms with Crippen LogP contribution in [-0.4, -0.2) is 40.9 Å². The molecule has 8 heteroatoms. The monoisotopic (exact) mass is 406 g/mol. The molecule has 1 amide bonds. The number of amides is 1. The molecule has 2 N–H and O–H groups in total. The van der Waals surface area contributed by atoms with Gasteiger partial charge in [0, 0.05) is 19.3 Å². The molecule has 0 bridgehead atoms. The zero-order valence-corrected chi connectivity index (χ0v) is 16.5. The van der Waals surface area contributed by atoms with Crippen molar-refractivity contribution in [3.63, 3.8) is 0 Å². The number of fused-ring (bicyclic) bond motifs is 1. The molecule has 1 saturated carbocycles. The van der Waals surface area contributed by atoms with E-state index in [0.717, 1.165) is 18.6 Å². The van der Waals surface area contributed by atoms with Gasteiger partial charge in [-0.3, -0.25) is 15.0 Å². The summed E-state index contributed by atoms with van der Waals surface area (Å²) in [7, 11) is 1.63. The van der Waals surface area contributed by atoms with Gasteiger partial charge < -0.3 is 14.4 Å². The highest BCUT2D eigenvalue weighted by molar-refractivity contribution is 5.97. The van der Waals surface area contributed by atoms with Crippen LogP contribution >= 0.6 is 0 Å². The molecule has 0 saturated heterocycles. The fourth-order valence-corrected chi connectivity index (χ4v) is 3.93. The van der Waals surface area contributed by atoms with Crippen molar-refractivity contribution in [3.05, 3.63) is 71.7 Å². The Bertz CT molecular complexity index is 1060. The molecule has 1 unspecified atom stereocenters. The van der Waals surface area contributed by atoms with Gasteiger partial charge in [0.25, 0.3) is 0 Å². The van der Waals surface area contributed by atoms with E-state index >= 15 is 0 Å². The number of ether oxygens (including phenoxy) is 1. The quantitative estimate of drug-likeness (QED) is 0.626. The number of hydrogen-bond donors (Lipinski definition) is 2. The van der Waals surface area contributed by atoms with Crippen LogP contribution < -0.4 is 15.0 Å². The molecular weight excluding hydrogens is 384 g/mol. The first kappa shape index (κ1) is 18.8. The van der Waals surface area contributed by atoms with E-state index in [9.17, 15) is 9.90 Å². The number of rotatable bonds is 5. The number of nitrogens with one attached hydrogen (secondary N) is 1. The van der Waals surface area contributed by atoms with Gasteiger partial charge in [-0.2, -0.15) is 0 Å². The van der Waals surface area contributed by atoms with Gasteiger partial charge in [-0.1, -0.05) is 35.5 Å². The van der Waals surface area contributed by atoms with Crippen LogP contribution in [0.2, 0.25) is 0 Å². The summed E-state index contributed by atoms with van der Waals surface area (Å²) in [5.41, 5.74) is 1.33. The average Bonchev–Trinajstić information content (AvgIpc) is 3.47. The number of hydrogen-bond acceptors (Lipinski definition) is 7. The van der Waals surface area contributed by atoms with Crippen molar-refractivity contribution in [2.45, 2.75) is 30.5 Å². The molecule has 2 aromatic heterocycles. The summed E-state index contributed by atoms with van der Waals surface area (Å²) in [5, 5.41) is 17.6. The van der Waals surface area contributed by atoms with E-state index in [0.29, 0.717) is 17.3 Å². The zero-order chi connectivity index (χ0) is 20.7. The summed E-state index contributed by atoms with van der Waals surface area (Å²) in [6.07, 6.45) is 2.38. The van der Waals surface area contributed by atoms with Gasteiger partial charge in [-0.15, -0.1) is 0 Å². The Morgan fingerprint density at radius 2 is 2.03 bits per heavy atom. The highest BCUT2D eigenvalue weighted by atomic mass is 16.5. The lowest BCUT2D eigenvalue weighted by Gasteiger charge is -2.21. The third-order valence-corrected chi connectivity index (χ3v) is 5.82. The summed E-state index contributed by atoms with van der Waals surface area (Å²) >= 11 is 0. The van der Waals surface area contributed by atoms with Crippen LogP contribution in [0.15, 0.2) is 59.3 Å². The van der Waals surface area contributed by atoms with Crippen molar-refractivity contribution in [2.75, 3.05) is 18.6 Å². The predicted molar refractivity (Wildman–Crippen MR) is 108 cm³/mol. The van der Waals surface area contributed by atoms with Crippen LogP contribution in [0.3, 0.4) is 0 Å². The van der Waals surface area contributed by atoms with Crippen molar-refractivity contribution >= 4 is 11.7 Å². The Kier molecular flexibility index (Phi) is 4.52. The number of aliphatic hydroxyl groups excluding tert-OH is 1. The molecular formula is C22H22N4O4. The number of aliphatic hydroxyl groups is 1. The predicted octanol–water partition coefficient (Wildman–Crippen LogP) is 2.15. The minimum atomic E-state index is -1.17. The maximum Gasteiger partial charge on any atom is 0.248 e. The summed E-state index contributed by atoms with van der Waals surface area (Å²) in [6, 6.07) is 14.7. The summed E-state index contributed by atoms with van der Waals surface area (Å²) in [5.74, 6) is 1.44. The van der Waals surface area contributed by atoms with Crippen molar-refractivity contribution < 1.29 is 19.2 Å². The van der Waals surface area contributed by atoms with Crippen LogP contribution in [0.25, 0.3) is 0 Å². The van der Waals surface area contributed by atoms with E-state index in [1.54, 1.807) is 31.4 Å². The molecule has 1 fully saturated rings. The smallest absolute Gasteiger partial charge is 0.248 e. The second-order valence-electron chi connectivity index (χ2n) is 7.72. The largest absolute Gasteiger partial charge is 0.488 e. The normalized spacial score (nSPS) is 20.8. The lowest BCUT2D eigenvalue weighted by atomic mass is 9.93. The van der Waals surface area contributed by atoms with E-state index < -0.39 is 12.3 Å². The fourth-order valence-electron chi connectivity index (χ4n) is 3.93. The number of likely N-dealkylation sites (N-methyl/N-ethyl adjacent to an activating group) is 1. The van der Waals surface area contributed by atoms with Crippen LogP contribution in [-0.2, 0) is 10.2 Å². The van der Waals surface area contributed by atoms with E-state index in [-0.39, 0.29) is 17.9 Å². The molecule has 30 heavy (non-hydrogen) atoms. The highest BCUT2D eigenvalue weighted by Crippen LogP contribution is 2.53. The topological polar surface area (TPSA) is 101 Å². The first-order valence-corrected chi connectivity index (χ1v) is 9.91. The third-order valence-electron chi connectivity index (χ3n) is 5.82. The Morgan fingerprint density at radius 1 is 1.23 bits per heavy atom. The van der Waals surface area contributed by atoms with E-state index in [1.165, 1.54) is 10.5 Å². The number of benzene rings is 1. The minimum absolute atomic E-state index is 0.0671. The summed E-state index contributed by atoms with van der Waals surface area (Å²) in [6.45, 7) is 0.0671. The zero-order valence-electron chi connectivity index (χ0n) is 16.5. The summed E-state index contributed by atoms with van der Waals surface area (Å²) < 4.78 is 11.3. The average molecular weight is 406 g/mol. The number of anilines is 1. The van der Waals surface area contributed by atoms with Gasteiger partial charge in [0.1, 0.15) is 24.1 Å². The first-order chi connectivity index (χ1) is 14.6. The van der Waals surface area contributed by atoms with E-state index in [1.807, 2.05) is 18.2 Å². The van der Waals surface area contributed by atoms with Gasteiger partial charge in [-0.05, 0) is 30.5 Å². The van der Waals surface area contributed by atoms with Gasteiger partial charge in [0.05, 0.1) is 5.41 Å². The number of pyridine rings is 1. The maximum atomic E-state index is 12.8. The third kappa shape index (κ3) is 3.14. The molecule has 1 aliphatic carbocycles. The van der Waals surface area contributed by atoms with Crippen LogP contribution in [0.1, 0.15) is 36.1 Å². The molecule has 0 spiro atoms. The van der Waals surface area contributed by atoms with Gasteiger partial charge in [-0.25, -0.2) is 4.98 Å². The van der Waals surface area contributed by atoms with Crippen LogP contribution in [0.4, 0.5) is 5.82 Å². The minimum Gasteiger partial charge on any atom is -0.488 e. The molecule has 3 aromatic rings. The van der Waals surface area contributed by atoms with Crippen LogP contribution in [0.5, 0.6) is 5.75 Å². The molecule has 8 nitrogen and oxygen atoms in total. The lowest BCUT2D eigenvalue weighted by molar-refractivity contribution is -0.121. The molecule has 1 aliphatic heterocycles. The number of aromatic nitrogens is 2. The summed E-state index contributed by atoms with van der Waals surface area (Å²) in [4.78, 5) is 18.5. The van der Waals surface area contributed by atoms with Crippen molar-refractivity contribution in [2.24, 2.45) is 0 Å². The lowest BCUT2D eigenvalue weighted by Crippen LogP contribution is -2.48. The second-order valence-corrected chi connectivity index (χ2v) is 7.72. The molecule has 0 radical (unpaired) electrons. The van der Waals surface area contributed by atoms with E-state index in [4.69, 9.17) is 9.26 Å². The Balaban J connectivity index is 1.32. The molecule has 5 rings (SSSR count).